The van der Waals surface area contributed by atoms with Crippen LogP contribution in [0, 0.1) is 5.92 Å². The maximum Gasteiger partial charge on any atom is 0.323 e. The average Bonchev–Trinajstić information content (AvgIpc) is 2.64. The molecule has 1 fully saturated rings. The molecule has 1 N–H and O–H groups in total. The van der Waals surface area contributed by atoms with Gasteiger partial charge in [0.15, 0.2) is 0 Å². The second-order valence-electron chi connectivity index (χ2n) is 4.35. The summed E-state index contributed by atoms with van der Waals surface area (Å²) >= 11 is 0. The minimum absolute atomic E-state index is 0.0333. The Kier molecular flexibility index (Phi) is 4.94. The van der Waals surface area contributed by atoms with Gasteiger partial charge in [0.1, 0.15) is 6.04 Å². The zero-order chi connectivity index (χ0) is 10.4. The highest BCUT2D eigenvalue weighted by atomic mass is 16.5. The van der Waals surface area contributed by atoms with Gasteiger partial charge < -0.3 is 10.1 Å². The second-order valence-corrected chi connectivity index (χ2v) is 4.35. The Morgan fingerprint density at radius 1 is 1.57 bits per heavy atom. The first-order valence-corrected chi connectivity index (χ1v) is 5.60. The largest absolute Gasteiger partial charge is 0.465 e. The highest BCUT2D eigenvalue weighted by molar-refractivity contribution is 5.76. The van der Waals surface area contributed by atoms with Crippen LogP contribution in [0.3, 0.4) is 0 Å². The lowest BCUT2D eigenvalue weighted by Crippen LogP contribution is -2.32. The van der Waals surface area contributed by atoms with Crippen molar-refractivity contribution >= 4 is 5.97 Å². The van der Waals surface area contributed by atoms with Gasteiger partial charge >= 0.3 is 5.97 Å². The fourth-order valence-electron chi connectivity index (χ4n) is 1.65. The van der Waals surface area contributed by atoms with Gasteiger partial charge in [-0.25, -0.2) is 0 Å². The standard InChI is InChI=1S/C11H21NO2/c1-9(2)5-4-8-14-11(13)10-6-3-7-12-10/h9-10,12H,3-8H2,1-2H3. The van der Waals surface area contributed by atoms with E-state index in [0.717, 1.165) is 32.2 Å². The van der Waals surface area contributed by atoms with Crippen molar-refractivity contribution in [1.82, 2.24) is 5.32 Å². The normalized spacial score (nSPS) is 21.5. The predicted molar refractivity (Wildman–Crippen MR) is 56.1 cm³/mol. The van der Waals surface area contributed by atoms with E-state index in [1.165, 1.54) is 0 Å². The molecule has 0 bridgehead atoms. The molecular formula is C11H21NO2. The Morgan fingerprint density at radius 3 is 2.93 bits per heavy atom. The molecule has 3 heteroatoms. The molecule has 3 nitrogen and oxygen atoms in total. The summed E-state index contributed by atoms with van der Waals surface area (Å²) in [4.78, 5) is 11.4. The van der Waals surface area contributed by atoms with E-state index >= 15 is 0 Å². The summed E-state index contributed by atoms with van der Waals surface area (Å²) in [6.07, 6.45) is 4.14. The molecule has 0 aliphatic carbocycles. The van der Waals surface area contributed by atoms with Crippen molar-refractivity contribution in [2.24, 2.45) is 5.92 Å². The van der Waals surface area contributed by atoms with Crippen LogP contribution in [0.15, 0.2) is 0 Å². The number of nitrogens with one attached hydrogen (secondary N) is 1. The summed E-state index contributed by atoms with van der Waals surface area (Å²) in [6.45, 7) is 5.89. The molecule has 0 aromatic heterocycles. The molecular weight excluding hydrogens is 178 g/mol. The third-order valence-corrected chi connectivity index (χ3v) is 2.51. The number of carbonyl (C=O) groups excluding carboxylic acids is 1. The van der Waals surface area contributed by atoms with Gasteiger partial charge in [-0.05, 0) is 38.1 Å². The van der Waals surface area contributed by atoms with Crippen LogP contribution < -0.4 is 5.32 Å². The highest BCUT2D eigenvalue weighted by Crippen LogP contribution is 2.08. The Morgan fingerprint density at radius 2 is 2.36 bits per heavy atom. The predicted octanol–water partition coefficient (Wildman–Crippen LogP) is 1.72. The van der Waals surface area contributed by atoms with E-state index in [4.69, 9.17) is 4.74 Å². The van der Waals surface area contributed by atoms with Crippen molar-refractivity contribution in [2.75, 3.05) is 13.2 Å². The minimum atomic E-state index is -0.0637. The molecule has 0 saturated carbocycles. The maximum atomic E-state index is 11.4. The Labute approximate surface area is 86.2 Å². The number of ether oxygens (including phenoxy) is 1. The smallest absolute Gasteiger partial charge is 0.323 e. The number of hydrogen-bond acceptors (Lipinski definition) is 3. The summed E-state index contributed by atoms with van der Waals surface area (Å²) in [5.41, 5.74) is 0. The van der Waals surface area contributed by atoms with E-state index in [1.807, 2.05) is 0 Å². The van der Waals surface area contributed by atoms with Crippen LogP contribution in [0.2, 0.25) is 0 Å². The van der Waals surface area contributed by atoms with Crippen LogP contribution in [-0.2, 0) is 9.53 Å². The fourth-order valence-corrected chi connectivity index (χ4v) is 1.65. The number of esters is 1. The van der Waals surface area contributed by atoms with Crippen molar-refractivity contribution in [3.63, 3.8) is 0 Å². The number of hydrogen-bond donors (Lipinski definition) is 1. The molecule has 1 saturated heterocycles. The molecule has 0 aromatic carbocycles. The minimum Gasteiger partial charge on any atom is -0.465 e. The number of carbonyl (C=O) groups is 1. The van der Waals surface area contributed by atoms with Gasteiger partial charge in [0.2, 0.25) is 0 Å². The van der Waals surface area contributed by atoms with E-state index in [1.54, 1.807) is 0 Å². The van der Waals surface area contributed by atoms with Gasteiger partial charge in [-0.1, -0.05) is 13.8 Å². The Bertz CT molecular complexity index is 174. The van der Waals surface area contributed by atoms with Crippen molar-refractivity contribution in [2.45, 2.75) is 45.6 Å². The lowest BCUT2D eigenvalue weighted by molar-refractivity contribution is -0.145. The molecule has 14 heavy (non-hydrogen) atoms. The summed E-state index contributed by atoms with van der Waals surface area (Å²) < 4.78 is 5.17. The molecule has 1 rings (SSSR count). The van der Waals surface area contributed by atoms with Crippen molar-refractivity contribution < 1.29 is 9.53 Å². The van der Waals surface area contributed by atoms with Crippen molar-refractivity contribution in [1.29, 1.82) is 0 Å². The monoisotopic (exact) mass is 199 g/mol. The second kappa shape index (κ2) is 6.02. The Hall–Kier alpha value is -0.570. The van der Waals surface area contributed by atoms with Gasteiger partial charge in [-0.3, -0.25) is 4.79 Å². The molecule has 0 amide bonds. The Balaban J connectivity index is 2.03. The molecule has 1 aliphatic heterocycles. The van der Waals surface area contributed by atoms with E-state index in [9.17, 15) is 4.79 Å². The van der Waals surface area contributed by atoms with E-state index in [0.29, 0.717) is 12.5 Å². The highest BCUT2D eigenvalue weighted by Gasteiger charge is 2.22. The van der Waals surface area contributed by atoms with Gasteiger partial charge in [-0.15, -0.1) is 0 Å². The molecule has 1 aliphatic rings. The van der Waals surface area contributed by atoms with E-state index < -0.39 is 0 Å². The molecule has 1 heterocycles. The zero-order valence-corrected chi connectivity index (χ0v) is 9.21. The molecule has 1 atom stereocenters. The molecule has 1 unspecified atom stereocenters. The van der Waals surface area contributed by atoms with Gasteiger partial charge in [0, 0.05) is 0 Å². The van der Waals surface area contributed by atoms with Crippen LogP contribution in [0.5, 0.6) is 0 Å². The summed E-state index contributed by atoms with van der Waals surface area (Å²) in [7, 11) is 0. The molecule has 0 radical (unpaired) electrons. The molecule has 0 aromatic rings. The van der Waals surface area contributed by atoms with Crippen LogP contribution in [-0.4, -0.2) is 25.2 Å². The maximum absolute atomic E-state index is 11.4. The average molecular weight is 199 g/mol. The zero-order valence-electron chi connectivity index (χ0n) is 9.21. The lowest BCUT2D eigenvalue weighted by atomic mass is 10.1. The first-order valence-electron chi connectivity index (χ1n) is 5.60. The van der Waals surface area contributed by atoms with E-state index in [-0.39, 0.29) is 12.0 Å². The summed E-state index contributed by atoms with van der Waals surface area (Å²) in [6, 6.07) is -0.0333. The van der Waals surface area contributed by atoms with Crippen molar-refractivity contribution in [3.05, 3.63) is 0 Å². The third-order valence-electron chi connectivity index (χ3n) is 2.51. The topological polar surface area (TPSA) is 38.3 Å². The fraction of sp³-hybridized carbons (Fsp3) is 0.909. The lowest BCUT2D eigenvalue weighted by Gasteiger charge is -2.10. The van der Waals surface area contributed by atoms with Gasteiger partial charge in [0.25, 0.3) is 0 Å². The van der Waals surface area contributed by atoms with Gasteiger partial charge in [-0.2, -0.15) is 0 Å². The van der Waals surface area contributed by atoms with Crippen LogP contribution >= 0.6 is 0 Å². The quantitative estimate of drug-likeness (QED) is 0.541. The van der Waals surface area contributed by atoms with Crippen LogP contribution in [0.1, 0.15) is 39.5 Å². The SMILES string of the molecule is CC(C)CCCOC(=O)C1CCCN1. The summed E-state index contributed by atoms with van der Waals surface area (Å²) in [5, 5.41) is 3.13. The van der Waals surface area contributed by atoms with Crippen LogP contribution in [0.4, 0.5) is 0 Å². The first-order chi connectivity index (χ1) is 6.70. The van der Waals surface area contributed by atoms with Gasteiger partial charge in [0.05, 0.1) is 6.61 Å². The number of rotatable bonds is 5. The first kappa shape index (κ1) is 11.5. The summed E-state index contributed by atoms with van der Waals surface area (Å²) in [5.74, 6) is 0.629. The third kappa shape index (κ3) is 4.09. The molecule has 82 valence electrons. The molecule has 0 spiro atoms. The van der Waals surface area contributed by atoms with Crippen molar-refractivity contribution in [3.8, 4) is 0 Å². The van der Waals surface area contributed by atoms with Crippen LogP contribution in [0.25, 0.3) is 0 Å². The van der Waals surface area contributed by atoms with E-state index in [2.05, 4.69) is 19.2 Å².